The van der Waals surface area contributed by atoms with Crippen molar-refractivity contribution in [1.82, 2.24) is 5.32 Å². The second-order valence-corrected chi connectivity index (χ2v) is 7.01. The van der Waals surface area contributed by atoms with E-state index >= 15 is 0 Å². The summed E-state index contributed by atoms with van der Waals surface area (Å²) < 4.78 is 5.76. The van der Waals surface area contributed by atoms with E-state index in [9.17, 15) is 0 Å². The standard InChI is InChI=1S/C19H31NO/c1-15(2)12-13-21-19-10-6-17(7-11-19)14-20-18-8-4-16(3)5-9-18/h6-7,10-11,15-16,18,20H,4-5,8-9,12-14H2,1-3H3. The molecule has 0 unspecified atom stereocenters. The summed E-state index contributed by atoms with van der Waals surface area (Å²) in [6.45, 7) is 8.61. The lowest BCUT2D eigenvalue weighted by Gasteiger charge is -2.27. The average Bonchev–Trinajstić information content (AvgIpc) is 2.48. The summed E-state index contributed by atoms with van der Waals surface area (Å²) in [4.78, 5) is 0. The van der Waals surface area contributed by atoms with Gasteiger partial charge in [0.25, 0.3) is 0 Å². The lowest BCUT2D eigenvalue weighted by atomic mass is 9.87. The van der Waals surface area contributed by atoms with Crippen LogP contribution in [0.2, 0.25) is 0 Å². The molecule has 0 radical (unpaired) electrons. The van der Waals surface area contributed by atoms with Crippen LogP contribution in [0.25, 0.3) is 0 Å². The Balaban J connectivity index is 1.69. The fraction of sp³-hybridized carbons (Fsp3) is 0.684. The third-order valence-electron chi connectivity index (χ3n) is 4.50. The zero-order chi connectivity index (χ0) is 15.1. The lowest BCUT2D eigenvalue weighted by Crippen LogP contribution is -2.32. The van der Waals surface area contributed by atoms with Crippen LogP contribution < -0.4 is 10.1 Å². The van der Waals surface area contributed by atoms with Gasteiger partial charge in [-0.1, -0.05) is 32.9 Å². The Labute approximate surface area is 130 Å². The molecule has 21 heavy (non-hydrogen) atoms. The first-order chi connectivity index (χ1) is 10.1. The topological polar surface area (TPSA) is 21.3 Å². The molecule has 2 rings (SSSR count). The SMILES string of the molecule is CC(C)CCOc1ccc(CNC2CCC(C)CC2)cc1. The van der Waals surface area contributed by atoms with Gasteiger partial charge < -0.3 is 10.1 Å². The Morgan fingerprint density at radius 1 is 1.10 bits per heavy atom. The van der Waals surface area contributed by atoms with Gasteiger partial charge in [-0.05, 0) is 61.6 Å². The largest absolute Gasteiger partial charge is 0.494 e. The number of hydrogen-bond donors (Lipinski definition) is 1. The van der Waals surface area contributed by atoms with Crippen molar-refractivity contribution in [2.24, 2.45) is 11.8 Å². The van der Waals surface area contributed by atoms with Crippen LogP contribution in [0.5, 0.6) is 5.75 Å². The van der Waals surface area contributed by atoms with Crippen LogP contribution in [0.15, 0.2) is 24.3 Å². The smallest absolute Gasteiger partial charge is 0.119 e. The molecule has 0 aromatic heterocycles. The van der Waals surface area contributed by atoms with E-state index in [1.807, 2.05) is 0 Å². The fourth-order valence-electron chi connectivity index (χ4n) is 2.84. The maximum Gasteiger partial charge on any atom is 0.119 e. The van der Waals surface area contributed by atoms with Crippen LogP contribution in [0.3, 0.4) is 0 Å². The van der Waals surface area contributed by atoms with Crippen LogP contribution in [0, 0.1) is 11.8 Å². The van der Waals surface area contributed by atoms with Crippen molar-refractivity contribution in [1.29, 1.82) is 0 Å². The zero-order valence-corrected chi connectivity index (χ0v) is 13.9. The molecule has 0 heterocycles. The van der Waals surface area contributed by atoms with Crippen LogP contribution >= 0.6 is 0 Å². The van der Waals surface area contributed by atoms with Gasteiger partial charge in [-0.3, -0.25) is 0 Å². The minimum Gasteiger partial charge on any atom is -0.494 e. The highest BCUT2D eigenvalue weighted by atomic mass is 16.5. The molecular formula is C19H31NO. The molecule has 2 nitrogen and oxygen atoms in total. The van der Waals surface area contributed by atoms with E-state index in [0.29, 0.717) is 12.0 Å². The zero-order valence-electron chi connectivity index (χ0n) is 13.9. The van der Waals surface area contributed by atoms with E-state index in [2.05, 4.69) is 50.4 Å². The van der Waals surface area contributed by atoms with Crippen LogP contribution in [-0.2, 0) is 6.54 Å². The monoisotopic (exact) mass is 289 g/mol. The van der Waals surface area contributed by atoms with Gasteiger partial charge >= 0.3 is 0 Å². The molecule has 0 saturated heterocycles. The van der Waals surface area contributed by atoms with Crippen LogP contribution in [0.1, 0.15) is 58.4 Å². The molecule has 2 heteroatoms. The minimum absolute atomic E-state index is 0.701. The molecule has 1 N–H and O–H groups in total. The van der Waals surface area contributed by atoms with E-state index in [-0.39, 0.29) is 0 Å². The number of hydrogen-bond acceptors (Lipinski definition) is 2. The van der Waals surface area contributed by atoms with Gasteiger partial charge in [-0.2, -0.15) is 0 Å². The summed E-state index contributed by atoms with van der Waals surface area (Å²) in [5, 5.41) is 3.70. The first-order valence-electron chi connectivity index (χ1n) is 8.58. The lowest BCUT2D eigenvalue weighted by molar-refractivity contribution is 0.289. The van der Waals surface area contributed by atoms with Crippen molar-refractivity contribution in [2.45, 2.75) is 65.5 Å². The van der Waals surface area contributed by atoms with Crippen LogP contribution in [0.4, 0.5) is 0 Å². The van der Waals surface area contributed by atoms with Crippen LogP contribution in [-0.4, -0.2) is 12.6 Å². The first-order valence-corrected chi connectivity index (χ1v) is 8.58. The Bertz CT molecular complexity index is 391. The fourth-order valence-corrected chi connectivity index (χ4v) is 2.84. The summed E-state index contributed by atoms with van der Waals surface area (Å²) in [6.07, 6.45) is 6.53. The molecule has 1 fully saturated rings. The van der Waals surface area contributed by atoms with Crippen molar-refractivity contribution in [2.75, 3.05) is 6.61 Å². The van der Waals surface area contributed by atoms with Gasteiger partial charge in [0.1, 0.15) is 5.75 Å². The highest BCUT2D eigenvalue weighted by Gasteiger charge is 2.17. The highest BCUT2D eigenvalue weighted by Crippen LogP contribution is 2.23. The van der Waals surface area contributed by atoms with Crippen molar-refractivity contribution in [3.05, 3.63) is 29.8 Å². The molecule has 1 aliphatic carbocycles. The molecule has 1 aromatic carbocycles. The normalized spacial score (nSPS) is 22.5. The first kappa shape index (κ1) is 16.4. The number of ether oxygens (including phenoxy) is 1. The number of rotatable bonds is 7. The van der Waals surface area contributed by atoms with E-state index < -0.39 is 0 Å². The Kier molecular flexibility index (Phi) is 6.56. The molecule has 1 aromatic rings. The maximum atomic E-state index is 5.76. The second kappa shape index (κ2) is 8.43. The Hall–Kier alpha value is -1.02. The number of nitrogens with one attached hydrogen (secondary N) is 1. The van der Waals surface area contributed by atoms with Crippen molar-refractivity contribution in [3.8, 4) is 5.75 Å². The molecule has 1 saturated carbocycles. The molecule has 0 aliphatic heterocycles. The minimum atomic E-state index is 0.701. The summed E-state index contributed by atoms with van der Waals surface area (Å²) in [7, 11) is 0. The highest BCUT2D eigenvalue weighted by molar-refractivity contribution is 5.27. The number of benzene rings is 1. The Morgan fingerprint density at radius 3 is 2.38 bits per heavy atom. The Morgan fingerprint density at radius 2 is 1.76 bits per heavy atom. The third kappa shape index (κ3) is 6.09. The predicted octanol–water partition coefficient (Wildman–Crippen LogP) is 4.78. The molecule has 0 spiro atoms. The summed E-state index contributed by atoms with van der Waals surface area (Å²) in [6, 6.07) is 9.27. The van der Waals surface area contributed by atoms with Gasteiger partial charge in [-0.25, -0.2) is 0 Å². The van der Waals surface area contributed by atoms with Crippen molar-refractivity contribution < 1.29 is 4.74 Å². The molecule has 0 amide bonds. The maximum absolute atomic E-state index is 5.76. The van der Waals surface area contributed by atoms with Crippen molar-refractivity contribution >= 4 is 0 Å². The van der Waals surface area contributed by atoms with Gasteiger partial charge in [-0.15, -0.1) is 0 Å². The molecule has 0 atom stereocenters. The van der Waals surface area contributed by atoms with E-state index in [4.69, 9.17) is 4.74 Å². The third-order valence-corrected chi connectivity index (χ3v) is 4.50. The molecule has 118 valence electrons. The summed E-state index contributed by atoms with van der Waals surface area (Å²) in [5.74, 6) is 2.61. The van der Waals surface area contributed by atoms with Gasteiger partial charge in [0.2, 0.25) is 0 Å². The molecular weight excluding hydrogens is 258 g/mol. The van der Waals surface area contributed by atoms with E-state index in [0.717, 1.165) is 31.2 Å². The van der Waals surface area contributed by atoms with Gasteiger partial charge in [0.15, 0.2) is 0 Å². The quantitative estimate of drug-likeness (QED) is 0.780. The van der Waals surface area contributed by atoms with Crippen molar-refractivity contribution in [3.63, 3.8) is 0 Å². The second-order valence-electron chi connectivity index (χ2n) is 7.01. The van der Waals surface area contributed by atoms with Gasteiger partial charge in [0, 0.05) is 12.6 Å². The van der Waals surface area contributed by atoms with E-state index in [1.165, 1.54) is 31.2 Å². The summed E-state index contributed by atoms with van der Waals surface area (Å²) in [5.41, 5.74) is 1.35. The summed E-state index contributed by atoms with van der Waals surface area (Å²) >= 11 is 0. The average molecular weight is 289 g/mol. The van der Waals surface area contributed by atoms with E-state index in [1.54, 1.807) is 0 Å². The predicted molar refractivity (Wildman–Crippen MR) is 89.7 cm³/mol. The van der Waals surface area contributed by atoms with Gasteiger partial charge in [0.05, 0.1) is 6.61 Å². The molecule has 0 bridgehead atoms. The molecule has 1 aliphatic rings.